The molecule has 0 aliphatic carbocycles. The van der Waals surface area contributed by atoms with E-state index in [1.807, 2.05) is 20.8 Å². The second kappa shape index (κ2) is 4.94. The van der Waals surface area contributed by atoms with Gasteiger partial charge in [-0.3, -0.25) is 9.63 Å². The molecule has 5 nitrogen and oxygen atoms in total. The minimum atomic E-state index is -0.439. The molecule has 0 fully saturated rings. The largest absolute Gasteiger partial charge is 0.480 e. The van der Waals surface area contributed by atoms with E-state index in [1.54, 1.807) is 18.3 Å². The molecule has 1 N–H and O–H groups in total. The normalized spacial score (nSPS) is 11.0. The van der Waals surface area contributed by atoms with Crippen LogP contribution in [0.1, 0.15) is 31.1 Å². The summed E-state index contributed by atoms with van der Waals surface area (Å²) < 4.78 is 4.97. The predicted molar refractivity (Wildman–Crippen MR) is 59.1 cm³/mol. The van der Waals surface area contributed by atoms with Gasteiger partial charge in [0.05, 0.1) is 12.7 Å². The van der Waals surface area contributed by atoms with Crippen LogP contribution >= 0.6 is 0 Å². The number of carbonyl (C=O) groups excluding carboxylic acids is 1. The SMILES string of the molecule is COc1ncccc1C(=O)NOC(C)(C)C. The molecule has 1 aromatic heterocycles. The fraction of sp³-hybridized carbons (Fsp3) is 0.455. The molecule has 0 atom stereocenters. The maximum absolute atomic E-state index is 11.7. The highest BCUT2D eigenvalue weighted by Crippen LogP contribution is 2.13. The van der Waals surface area contributed by atoms with Gasteiger partial charge in [-0.25, -0.2) is 10.5 Å². The number of hydroxylamine groups is 1. The third kappa shape index (κ3) is 3.51. The molecule has 0 aliphatic rings. The van der Waals surface area contributed by atoms with Gasteiger partial charge < -0.3 is 4.74 Å². The molecule has 0 bridgehead atoms. The van der Waals surface area contributed by atoms with Gasteiger partial charge in [0.2, 0.25) is 5.88 Å². The first-order valence-corrected chi connectivity index (χ1v) is 4.91. The first-order chi connectivity index (χ1) is 7.44. The lowest BCUT2D eigenvalue weighted by atomic mass is 10.2. The number of amides is 1. The lowest BCUT2D eigenvalue weighted by Gasteiger charge is -2.19. The van der Waals surface area contributed by atoms with Crippen LogP contribution in [0.5, 0.6) is 5.88 Å². The van der Waals surface area contributed by atoms with E-state index in [4.69, 9.17) is 9.57 Å². The number of rotatable bonds is 3. The Balaban J connectivity index is 2.73. The molecule has 0 saturated carbocycles. The van der Waals surface area contributed by atoms with Crippen LogP contribution in [0.25, 0.3) is 0 Å². The van der Waals surface area contributed by atoms with E-state index in [9.17, 15) is 4.79 Å². The van der Waals surface area contributed by atoms with Crippen LogP contribution in [-0.2, 0) is 4.84 Å². The zero-order chi connectivity index (χ0) is 12.2. The lowest BCUT2D eigenvalue weighted by Crippen LogP contribution is -2.33. The molecular formula is C11H16N2O3. The van der Waals surface area contributed by atoms with Crippen LogP contribution in [-0.4, -0.2) is 23.6 Å². The molecule has 0 spiro atoms. The molecular weight excluding hydrogens is 208 g/mol. The molecule has 0 aromatic carbocycles. The Morgan fingerprint density at radius 3 is 2.69 bits per heavy atom. The Kier molecular flexibility index (Phi) is 3.84. The van der Waals surface area contributed by atoms with Crippen LogP contribution in [0.3, 0.4) is 0 Å². The van der Waals surface area contributed by atoms with E-state index >= 15 is 0 Å². The first kappa shape index (κ1) is 12.4. The Labute approximate surface area is 94.7 Å². The number of aromatic nitrogens is 1. The van der Waals surface area contributed by atoms with Crippen LogP contribution in [0.2, 0.25) is 0 Å². The maximum atomic E-state index is 11.7. The van der Waals surface area contributed by atoms with Crippen molar-refractivity contribution in [1.82, 2.24) is 10.5 Å². The summed E-state index contributed by atoms with van der Waals surface area (Å²) in [5, 5.41) is 0. The summed E-state index contributed by atoms with van der Waals surface area (Å²) >= 11 is 0. The highest BCUT2D eigenvalue weighted by molar-refractivity contribution is 5.95. The van der Waals surface area contributed by atoms with Crippen LogP contribution in [0, 0.1) is 0 Å². The van der Waals surface area contributed by atoms with E-state index in [0.29, 0.717) is 5.56 Å². The second-order valence-electron chi connectivity index (χ2n) is 4.21. The predicted octanol–water partition coefficient (Wildman–Crippen LogP) is 1.55. The van der Waals surface area contributed by atoms with E-state index in [-0.39, 0.29) is 11.8 Å². The summed E-state index contributed by atoms with van der Waals surface area (Å²) in [6, 6.07) is 3.28. The van der Waals surface area contributed by atoms with E-state index in [2.05, 4.69) is 10.5 Å². The van der Waals surface area contributed by atoms with Gasteiger partial charge in [0.25, 0.3) is 5.91 Å². The van der Waals surface area contributed by atoms with Crippen molar-refractivity contribution in [2.24, 2.45) is 0 Å². The molecule has 1 amide bonds. The monoisotopic (exact) mass is 224 g/mol. The van der Waals surface area contributed by atoms with Crippen molar-refractivity contribution in [1.29, 1.82) is 0 Å². The number of hydrogen-bond donors (Lipinski definition) is 1. The zero-order valence-electron chi connectivity index (χ0n) is 9.90. The van der Waals surface area contributed by atoms with Crippen LogP contribution < -0.4 is 10.2 Å². The van der Waals surface area contributed by atoms with E-state index < -0.39 is 5.60 Å². The maximum Gasteiger partial charge on any atom is 0.280 e. The highest BCUT2D eigenvalue weighted by atomic mass is 16.7. The highest BCUT2D eigenvalue weighted by Gasteiger charge is 2.16. The topological polar surface area (TPSA) is 60.5 Å². The summed E-state index contributed by atoms with van der Waals surface area (Å²) in [7, 11) is 1.46. The van der Waals surface area contributed by atoms with Crippen molar-refractivity contribution in [2.45, 2.75) is 26.4 Å². The smallest absolute Gasteiger partial charge is 0.280 e. The molecule has 0 saturated heterocycles. The quantitative estimate of drug-likeness (QED) is 0.791. The summed E-state index contributed by atoms with van der Waals surface area (Å²) in [6.07, 6.45) is 1.56. The third-order valence-corrected chi connectivity index (χ3v) is 1.66. The summed E-state index contributed by atoms with van der Waals surface area (Å²) in [5.41, 5.74) is 2.26. The molecule has 0 radical (unpaired) electrons. The van der Waals surface area contributed by atoms with Crippen molar-refractivity contribution < 1.29 is 14.4 Å². The van der Waals surface area contributed by atoms with E-state index in [0.717, 1.165) is 0 Å². The number of nitrogens with one attached hydrogen (secondary N) is 1. The molecule has 0 unspecified atom stereocenters. The summed E-state index contributed by atoms with van der Waals surface area (Å²) in [5.74, 6) is -0.0996. The fourth-order valence-corrected chi connectivity index (χ4v) is 0.981. The van der Waals surface area contributed by atoms with Gasteiger partial charge in [-0.2, -0.15) is 0 Å². The molecule has 1 heterocycles. The van der Waals surface area contributed by atoms with Crippen molar-refractivity contribution >= 4 is 5.91 Å². The number of ether oxygens (including phenoxy) is 1. The minimum absolute atomic E-state index is 0.275. The Hall–Kier alpha value is -1.62. The van der Waals surface area contributed by atoms with Gasteiger partial charge in [0.1, 0.15) is 5.56 Å². The number of pyridine rings is 1. The molecule has 0 aliphatic heterocycles. The fourth-order valence-electron chi connectivity index (χ4n) is 0.981. The van der Waals surface area contributed by atoms with Crippen molar-refractivity contribution in [3.05, 3.63) is 23.9 Å². The lowest BCUT2D eigenvalue weighted by molar-refractivity contribution is -0.0590. The van der Waals surface area contributed by atoms with Gasteiger partial charge >= 0.3 is 0 Å². The average Bonchev–Trinajstić information content (AvgIpc) is 2.25. The molecule has 16 heavy (non-hydrogen) atoms. The molecule has 1 aromatic rings. The Morgan fingerprint density at radius 2 is 2.12 bits per heavy atom. The molecule has 5 heteroatoms. The van der Waals surface area contributed by atoms with Crippen molar-refractivity contribution in [2.75, 3.05) is 7.11 Å². The van der Waals surface area contributed by atoms with Gasteiger partial charge in [0, 0.05) is 6.20 Å². The summed E-state index contributed by atoms with van der Waals surface area (Å²) in [6.45, 7) is 5.52. The second-order valence-corrected chi connectivity index (χ2v) is 4.21. The Morgan fingerprint density at radius 1 is 1.44 bits per heavy atom. The van der Waals surface area contributed by atoms with Crippen LogP contribution in [0.15, 0.2) is 18.3 Å². The number of nitrogens with zero attached hydrogens (tertiary/aromatic N) is 1. The minimum Gasteiger partial charge on any atom is -0.480 e. The summed E-state index contributed by atoms with van der Waals surface area (Å²) in [4.78, 5) is 20.8. The zero-order valence-corrected chi connectivity index (χ0v) is 9.90. The van der Waals surface area contributed by atoms with Gasteiger partial charge in [-0.1, -0.05) is 0 Å². The Bertz CT molecular complexity index is 372. The average molecular weight is 224 g/mol. The number of methoxy groups -OCH3 is 1. The third-order valence-electron chi connectivity index (χ3n) is 1.66. The van der Waals surface area contributed by atoms with Crippen LogP contribution in [0.4, 0.5) is 0 Å². The van der Waals surface area contributed by atoms with Gasteiger partial charge in [-0.05, 0) is 32.9 Å². The number of carbonyl (C=O) groups is 1. The number of hydrogen-bond acceptors (Lipinski definition) is 4. The molecule has 1 rings (SSSR count). The standard InChI is InChI=1S/C11H16N2O3/c1-11(2,3)16-13-9(14)8-6-5-7-12-10(8)15-4/h5-7H,1-4H3,(H,13,14). The van der Waals surface area contributed by atoms with Gasteiger partial charge in [-0.15, -0.1) is 0 Å². The first-order valence-electron chi connectivity index (χ1n) is 4.91. The van der Waals surface area contributed by atoms with E-state index in [1.165, 1.54) is 7.11 Å². The molecule has 88 valence electrons. The van der Waals surface area contributed by atoms with Crippen molar-refractivity contribution in [3.8, 4) is 5.88 Å². The van der Waals surface area contributed by atoms with Crippen molar-refractivity contribution in [3.63, 3.8) is 0 Å². The van der Waals surface area contributed by atoms with Gasteiger partial charge in [0.15, 0.2) is 0 Å².